The van der Waals surface area contributed by atoms with Crippen molar-refractivity contribution in [2.45, 2.75) is 13.0 Å². The molecule has 0 saturated carbocycles. The smallest absolute Gasteiger partial charge is 0.191 e. The largest absolute Gasteiger partial charge is 0.373 e. The van der Waals surface area contributed by atoms with Crippen molar-refractivity contribution >= 4 is 33.3 Å². The number of fused-ring (bicyclic) bond motifs is 2. The van der Waals surface area contributed by atoms with Gasteiger partial charge in [-0.25, -0.2) is 0 Å². The van der Waals surface area contributed by atoms with Gasteiger partial charge in [0.05, 0.1) is 16.7 Å². The zero-order chi connectivity index (χ0) is 22.6. The molecule has 0 aliphatic rings. The molecule has 5 heteroatoms. The van der Waals surface area contributed by atoms with Crippen molar-refractivity contribution in [3.05, 3.63) is 107 Å². The molecular formula is C28H28N4O. The number of anilines is 2. The highest BCUT2D eigenvalue weighted by atomic mass is 16.1. The van der Waals surface area contributed by atoms with Gasteiger partial charge in [0.25, 0.3) is 0 Å². The standard InChI is InChI=1S/C28H28N4O/c1-31(17-9-16-29-28-18-27(33)22-12-5-7-14-24(22)30-28)26-20-32(19-21-10-3-2-4-11-21)25-15-8-6-13-23(25)26/h2-8,10-15,18,20H,9,16-17,19H2,1H3,(H2,29,30,33). The average molecular weight is 437 g/mol. The monoisotopic (exact) mass is 436 g/mol. The van der Waals surface area contributed by atoms with Crippen LogP contribution in [0.4, 0.5) is 11.5 Å². The minimum absolute atomic E-state index is 0.0372. The van der Waals surface area contributed by atoms with Crippen LogP contribution in [0.15, 0.2) is 95.9 Å². The summed E-state index contributed by atoms with van der Waals surface area (Å²) < 4.78 is 2.33. The SMILES string of the molecule is CN(CCCNc1cc(=O)c2ccccc2[nH]1)c1cn(Cc2ccccc2)c2ccccc12. The molecule has 0 bridgehead atoms. The van der Waals surface area contributed by atoms with Crippen LogP contribution in [0.5, 0.6) is 0 Å². The summed E-state index contributed by atoms with van der Waals surface area (Å²) in [6.07, 6.45) is 3.20. The maximum absolute atomic E-state index is 12.3. The van der Waals surface area contributed by atoms with E-state index in [1.54, 1.807) is 6.07 Å². The molecule has 0 unspecified atom stereocenters. The molecule has 0 spiro atoms. The average Bonchev–Trinajstić information content (AvgIpc) is 3.21. The zero-order valence-electron chi connectivity index (χ0n) is 18.8. The number of pyridine rings is 1. The molecule has 0 fully saturated rings. The van der Waals surface area contributed by atoms with Gasteiger partial charge >= 0.3 is 0 Å². The quantitative estimate of drug-likeness (QED) is 0.317. The molecule has 33 heavy (non-hydrogen) atoms. The van der Waals surface area contributed by atoms with E-state index in [2.05, 4.69) is 87.6 Å². The van der Waals surface area contributed by atoms with Crippen molar-refractivity contribution in [2.24, 2.45) is 0 Å². The molecule has 2 aromatic heterocycles. The van der Waals surface area contributed by atoms with E-state index >= 15 is 0 Å². The lowest BCUT2D eigenvalue weighted by atomic mass is 10.2. The van der Waals surface area contributed by atoms with E-state index in [1.165, 1.54) is 22.2 Å². The number of benzene rings is 3. The molecule has 166 valence electrons. The number of nitrogens with one attached hydrogen (secondary N) is 2. The first-order valence-corrected chi connectivity index (χ1v) is 11.4. The van der Waals surface area contributed by atoms with E-state index in [1.807, 2.05) is 24.3 Å². The van der Waals surface area contributed by atoms with Crippen LogP contribution in [-0.4, -0.2) is 29.7 Å². The van der Waals surface area contributed by atoms with Crippen molar-refractivity contribution < 1.29 is 0 Å². The summed E-state index contributed by atoms with van der Waals surface area (Å²) in [5.41, 5.74) is 4.67. The van der Waals surface area contributed by atoms with Gasteiger partial charge in [-0.2, -0.15) is 0 Å². The highest BCUT2D eigenvalue weighted by molar-refractivity contribution is 5.93. The molecule has 5 nitrogen and oxygen atoms in total. The van der Waals surface area contributed by atoms with Gasteiger partial charge < -0.3 is 19.8 Å². The second kappa shape index (κ2) is 9.25. The summed E-state index contributed by atoms with van der Waals surface area (Å²) in [5, 5.41) is 5.36. The van der Waals surface area contributed by atoms with E-state index in [9.17, 15) is 4.79 Å². The highest BCUT2D eigenvalue weighted by Gasteiger charge is 2.12. The van der Waals surface area contributed by atoms with Gasteiger partial charge in [-0.05, 0) is 30.2 Å². The minimum atomic E-state index is 0.0372. The molecule has 5 aromatic rings. The third-order valence-electron chi connectivity index (χ3n) is 6.10. The van der Waals surface area contributed by atoms with Gasteiger partial charge in [0.1, 0.15) is 5.82 Å². The number of hydrogen-bond donors (Lipinski definition) is 2. The lowest BCUT2D eigenvalue weighted by molar-refractivity contribution is 0.803. The summed E-state index contributed by atoms with van der Waals surface area (Å²) in [6.45, 7) is 2.54. The molecule has 0 amide bonds. The van der Waals surface area contributed by atoms with Crippen LogP contribution >= 0.6 is 0 Å². The Kier molecular flexibility index (Phi) is 5.85. The Morgan fingerprint density at radius 3 is 2.48 bits per heavy atom. The first-order chi connectivity index (χ1) is 16.2. The number of rotatable bonds is 8. The number of H-pyrrole nitrogens is 1. The number of para-hydroxylation sites is 2. The van der Waals surface area contributed by atoms with E-state index in [0.29, 0.717) is 0 Å². The number of aromatic amines is 1. The van der Waals surface area contributed by atoms with Gasteiger partial charge in [0.2, 0.25) is 0 Å². The fourth-order valence-corrected chi connectivity index (χ4v) is 4.39. The predicted octanol–water partition coefficient (Wildman–Crippen LogP) is 5.47. The maximum atomic E-state index is 12.3. The van der Waals surface area contributed by atoms with Crippen LogP contribution in [-0.2, 0) is 6.54 Å². The minimum Gasteiger partial charge on any atom is -0.373 e. The second-order valence-corrected chi connectivity index (χ2v) is 8.44. The summed E-state index contributed by atoms with van der Waals surface area (Å²) in [5.74, 6) is 0.765. The normalized spacial score (nSPS) is 11.2. The maximum Gasteiger partial charge on any atom is 0.191 e. The Balaban J connectivity index is 1.26. The lowest BCUT2D eigenvalue weighted by Crippen LogP contribution is -2.21. The Labute approximate surface area is 193 Å². The summed E-state index contributed by atoms with van der Waals surface area (Å²) >= 11 is 0. The summed E-state index contributed by atoms with van der Waals surface area (Å²) in [6, 6.07) is 28.4. The van der Waals surface area contributed by atoms with Crippen LogP contribution in [0.1, 0.15) is 12.0 Å². The third-order valence-corrected chi connectivity index (χ3v) is 6.10. The van der Waals surface area contributed by atoms with E-state index in [4.69, 9.17) is 0 Å². The lowest BCUT2D eigenvalue weighted by Gasteiger charge is -2.18. The molecular weight excluding hydrogens is 408 g/mol. The van der Waals surface area contributed by atoms with Crippen LogP contribution in [0, 0.1) is 0 Å². The van der Waals surface area contributed by atoms with Crippen LogP contribution in [0.2, 0.25) is 0 Å². The van der Waals surface area contributed by atoms with Gasteiger partial charge in [-0.1, -0.05) is 60.7 Å². The molecule has 2 heterocycles. The Bertz CT molecular complexity index is 1440. The third kappa shape index (κ3) is 4.48. The second-order valence-electron chi connectivity index (χ2n) is 8.44. The van der Waals surface area contributed by atoms with Crippen molar-refractivity contribution in [2.75, 3.05) is 30.4 Å². The first-order valence-electron chi connectivity index (χ1n) is 11.4. The molecule has 0 radical (unpaired) electrons. The highest BCUT2D eigenvalue weighted by Crippen LogP contribution is 2.29. The van der Waals surface area contributed by atoms with E-state index in [0.717, 1.165) is 42.8 Å². The molecule has 0 aliphatic heterocycles. The fraction of sp³-hybridized carbons (Fsp3) is 0.179. The van der Waals surface area contributed by atoms with Crippen molar-refractivity contribution in [1.29, 1.82) is 0 Å². The number of nitrogens with zero attached hydrogens (tertiary/aromatic N) is 2. The van der Waals surface area contributed by atoms with Crippen LogP contribution in [0.3, 0.4) is 0 Å². The predicted molar refractivity (Wildman–Crippen MR) is 138 cm³/mol. The van der Waals surface area contributed by atoms with Gasteiger partial charge in [0, 0.05) is 49.7 Å². The molecule has 0 atom stereocenters. The Morgan fingerprint density at radius 1 is 0.909 bits per heavy atom. The molecule has 2 N–H and O–H groups in total. The van der Waals surface area contributed by atoms with Gasteiger partial charge in [-0.3, -0.25) is 4.79 Å². The van der Waals surface area contributed by atoms with Crippen LogP contribution < -0.4 is 15.6 Å². The van der Waals surface area contributed by atoms with Crippen molar-refractivity contribution in [3.63, 3.8) is 0 Å². The molecule has 3 aromatic carbocycles. The van der Waals surface area contributed by atoms with E-state index < -0.39 is 0 Å². The summed E-state index contributed by atoms with van der Waals surface area (Å²) in [4.78, 5) is 17.9. The van der Waals surface area contributed by atoms with Gasteiger partial charge in [-0.15, -0.1) is 0 Å². The number of hydrogen-bond acceptors (Lipinski definition) is 3. The first kappa shape index (κ1) is 20.9. The molecule has 5 rings (SSSR count). The Morgan fingerprint density at radius 2 is 1.64 bits per heavy atom. The zero-order valence-corrected chi connectivity index (χ0v) is 18.8. The Hall–Kier alpha value is -3.99. The fourth-order valence-electron chi connectivity index (χ4n) is 4.39. The van der Waals surface area contributed by atoms with Crippen LogP contribution in [0.25, 0.3) is 21.8 Å². The topological polar surface area (TPSA) is 53.1 Å². The molecule has 0 aliphatic carbocycles. The van der Waals surface area contributed by atoms with E-state index in [-0.39, 0.29) is 5.43 Å². The van der Waals surface area contributed by atoms with Gasteiger partial charge in [0.15, 0.2) is 5.43 Å². The summed E-state index contributed by atoms with van der Waals surface area (Å²) in [7, 11) is 2.15. The van der Waals surface area contributed by atoms with Crippen molar-refractivity contribution in [3.8, 4) is 0 Å². The van der Waals surface area contributed by atoms with Crippen molar-refractivity contribution in [1.82, 2.24) is 9.55 Å². The molecule has 0 saturated heterocycles. The number of aromatic nitrogens is 2.